The predicted octanol–water partition coefficient (Wildman–Crippen LogP) is 25.7. The van der Waals surface area contributed by atoms with Gasteiger partial charge in [0.1, 0.15) is 19.3 Å². The van der Waals surface area contributed by atoms with Crippen LogP contribution in [0, 0.1) is 17.8 Å². The lowest BCUT2D eigenvalue weighted by Gasteiger charge is -2.21. The first kappa shape index (κ1) is 102. The Morgan fingerprint density at radius 3 is 0.683 bits per heavy atom. The lowest BCUT2D eigenvalue weighted by molar-refractivity contribution is -0.161. The maximum atomic E-state index is 13.1. The molecular formula is C85H166O17P2. The van der Waals surface area contributed by atoms with E-state index in [1.54, 1.807) is 0 Å². The Morgan fingerprint density at radius 2 is 0.462 bits per heavy atom. The highest BCUT2D eigenvalue weighted by Crippen LogP contribution is 2.45. The van der Waals surface area contributed by atoms with Crippen LogP contribution in [0.3, 0.4) is 0 Å². The van der Waals surface area contributed by atoms with Crippen LogP contribution >= 0.6 is 15.6 Å². The topological polar surface area (TPSA) is 237 Å². The molecule has 5 unspecified atom stereocenters. The molecule has 8 atom stereocenters. The van der Waals surface area contributed by atoms with Gasteiger partial charge < -0.3 is 33.8 Å². The molecular weight excluding hydrogens is 1350 g/mol. The zero-order valence-electron chi connectivity index (χ0n) is 68.5. The number of hydrogen-bond donors (Lipinski definition) is 3. The third-order valence-corrected chi connectivity index (χ3v) is 22.9. The monoisotopic (exact) mass is 1520 g/mol. The van der Waals surface area contributed by atoms with E-state index in [2.05, 4.69) is 48.5 Å². The molecule has 0 spiro atoms. The number of esters is 4. The molecule has 0 saturated carbocycles. The number of unbranched alkanes of at least 4 members (excludes halogenated alkanes) is 48. The summed E-state index contributed by atoms with van der Waals surface area (Å²) in [5.41, 5.74) is 0. The second kappa shape index (κ2) is 75.1. The molecule has 0 aliphatic rings. The van der Waals surface area contributed by atoms with Gasteiger partial charge in [0.05, 0.1) is 26.4 Å². The van der Waals surface area contributed by atoms with Crippen molar-refractivity contribution in [3.05, 3.63) is 0 Å². The Kier molecular flexibility index (Phi) is 73.7. The summed E-state index contributed by atoms with van der Waals surface area (Å²) in [6.45, 7) is 12.0. The van der Waals surface area contributed by atoms with E-state index >= 15 is 0 Å². The van der Waals surface area contributed by atoms with Crippen LogP contribution in [-0.4, -0.2) is 96.7 Å². The quantitative estimate of drug-likeness (QED) is 0.0222. The van der Waals surface area contributed by atoms with Crippen LogP contribution < -0.4 is 0 Å². The molecule has 618 valence electrons. The normalized spacial score (nSPS) is 14.7. The zero-order valence-corrected chi connectivity index (χ0v) is 70.3. The van der Waals surface area contributed by atoms with Crippen molar-refractivity contribution in [2.45, 2.75) is 465 Å². The van der Waals surface area contributed by atoms with E-state index in [9.17, 15) is 43.2 Å². The summed E-state index contributed by atoms with van der Waals surface area (Å²) in [5.74, 6) is 0.288. The SMILES string of the molecule is CCCCCCCCCCCCCCCCCCCCCCCCC(=O)O[C@H](COC(=O)CCCCCCCCCCCCCCCCC(C)CC)COP(=O)(O)OC[C@@H](O)COP(=O)(O)OC[C@@H](COC(=O)CCCCCCCCCCC(C)CC)OC(=O)CCCCCCCCCCC(C)CC. The minimum atomic E-state index is -4.97. The summed E-state index contributed by atoms with van der Waals surface area (Å²) in [5, 5.41) is 10.7. The van der Waals surface area contributed by atoms with E-state index in [1.165, 1.54) is 257 Å². The van der Waals surface area contributed by atoms with Crippen LogP contribution in [0.4, 0.5) is 0 Å². The van der Waals surface area contributed by atoms with E-state index in [1.807, 2.05) is 0 Å². The molecule has 0 rings (SSSR count). The molecule has 17 nitrogen and oxygen atoms in total. The van der Waals surface area contributed by atoms with Crippen molar-refractivity contribution >= 4 is 39.5 Å². The van der Waals surface area contributed by atoms with Gasteiger partial charge in [-0.2, -0.15) is 0 Å². The van der Waals surface area contributed by atoms with Crippen molar-refractivity contribution in [3.63, 3.8) is 0 Å². The number of carbonyl (C=O) groups is 4. The van der Waals surface area contributed by atoms with Gasteiger partial charge in [0.15, 0.2) is 12.2 Å². The molecule has 0 amide bonds. The zero-order chi connectivity index (χ0) is 76.5. The van der Waals surface area contributed by atoms with Crippen molar-refractivity contribution < 1.29 is 80.2 Å². The van der Waals surface area contributed by atoms with E-state index in [4.69, 9.17) is 37.0 Å². The van der Waals surface area contributed by atoms with Crippen molar-refractivity contribution in [1.29, 1.82) is 0 Å². The van der Waals surface area contributed by atoms with Gasteiger partial charge in [-0.05, 0) is 43.4 Å². The van der Waals surface area contributed by atoms with Crippen LogP contribution in [-0.2, 0) is 65.4 Å². The molecule has 0 radical (unpaired) electrons. The molecule has 0 aromatic carbocycles. The second-order valence-corrected chi connectivity index (χ2v) is 34.2. The van der Waals surface area contributed by atoms with Gasteiger partial charge in [0, 0.05) is 25.7 Å². The van der Waals surface area contributed by atoms with Crippen molar-refractivity contribution in [2.75, 3.05) is 39.6 Å². The molecule has 0 aromatic rings. The highest BCUT2D eigenvalue weighted by molar-refractivity contribution is 7.47. The van der Waals surface area contributed by atoms with Crippen LogP contribution in [0.5, 0.6) is 0 Å². The number of ether oxygens (including phenoxy) is 4. The number of aliphatic hydroxyl groups excluding tert-OH is 1. The molecule has 3 N–H and O–H groups in total. The van der Waals surface area contributed by atoms with E-state index in [0.717, 1.165) is 108 Å². The van der Waals surface area contributed by atoms with E-state index in [0.29, 0.717) is 25.7 Å². The molecule has 104 heavy (non-hydrogen) atoms. The number of carbonyl (C=O) groups excluding carboxylic acids is 4. The molecule has 19 heteroatoms. The molecule has 0 aromatic heterocycles. The van der Waals surface area contributed by atoms with Crippen LogP contribution in [0.15, 0.2) is 0 Å². The third-order valence-electron chi connectivity index (χ3n) is 21.0. The van der Waals surface area contributed by atoms with Crippen molar-refractivity contribution in [3.8, 4) is 0 Å². The summed E-state index contributed by atoms with van der Waals surface area (Å²) < 4.78 is 68.8. The summed E-state index contributed by atoms with van der Waals surface area (Å²) in [6.07, 6.45) is 65.2. The second-order valence-electron chi connectivity index (χ2n) is 31.3. The van der Waals surface area contributed by atoms with Gasteiger partial charge in [-0.1, -0.05) is 395 Å². The lowest BCUT2D eigenvalue weighted by atomic mass is 9.99. The van der Waals surface area contributed by atoms with E-state index < -0.39 is 97.5 Å². The average Bonchev–Trinajstić information content (AvgIpc) is 0.917. The number of phosphoric ester groups is 2. The minimum Gasteiger partial charge on any atom is -0.462 e. The summed E-state index contributed by atoms with van der Waals surface area (Å²) >= 11 is 0. The fraction of sp³-hybridized carbons (Fsp3) is 0.953. The van der Waals surface area contributed by atoms with Gasteiger partial charge in [-0.15, -0.1) is 0 Å². The first-order valence-electron chi connectivity index (χ1n) is 44.0. The largest absolute Gasteiger partial charge is 0.472 e. The smallest absolute Gasteiger partial charge is 0.462 e. The maximum Gasteiger partial charge on any atom is 0.472 e. The summed E-state index contributed by atoms with van der Waals surface area (Å²) in [7, 11) is -9.93. The molecule has 0 saturated heterocycles. The fourth-order valence-corrected chi connectivity index (χ4v) is 14.7. The highest BCUT2D eigenvalue weighted by Gasteiger charge is 2.30. The average molecular weight is 1520 g/mol. The number of aliphatic hydroxyl groups is 1. The van der Waals surface area contributed by atoms with Crippen molar-refractivity contribution in [2.24, 2.45) is 17.8 Å². The molecule has 0 aliphatic carbocycles. The van der Waals surface area contributed by atoms with Gasteiger partial charge in [0.2, 0.25) is 0 Å². The number of hydrogen-bond acceptors (Lipinski definition) is 15. The highest BCUT2D eigenvalue weighted by atomic mass is 31.2. The van der Waals surface area contributed by atoms with Crippen molar-refractivity contribution in [1.82, 2.24) is 0 Å². The number of phosphoric acid groups is 2. The maximum absolute atomic E-state index is 13.1. The van der Waals surface area contributed by atoms with Crippen LogP contribution in [0.2, 0.25) is 0 Å². The standard InChI is InChI=1S/C85H166O17P2/c1-8-12-13-14-15-16-17-18-19-20-21-22-23-24-25-26-31-34-37-47-54-61-68-84(89)101-80(72-95-82(87)66-59-52-45-36-33-30-28-27-29-32-35-42-49-56-63-76(5)9-2)74-99-103(91,92)97-70-79(86)71-98-104(93,94)100-75-81(102-85(90)69-62-55-48-41-39-44-51-58-65-78(7)11-4)73-96-83(88)67-60-53-46-40-38-43-50-57-64-77(6)10-3/h76-81,86H,8-75H2,1-7H3,(H,91,92)(H,93,94)/t76?,77?,78?,79-,80-,81-/m1/s1. The molecule has 0 heterocycles. The van der Waals surface area contributed by atoms with Gasteiger partial charge in [-0.25, -0.2) is 9.13 Å². The molecule has 0 aliphatic heterocycles. The Balaban J connectivity index is 5.23. The fourth-order valence-electron chi connectivity index (χ4n) is 13.1. The van der Waals surface area contributed by atoms with Gasteiger partial charge in [0.25, 0.3) is 0 Å². The Morgan fingerprint density at radius 1 is 0.269 bits per heavy atom. The Labute approximate surface area is 638 Å². The predicted molar refractivity (Wildman–Crippen MR) is 428 cm³/mol. The van der Waals surface area contributed by atoms with Crippen LogP contribution in [0.1, 0.15) is 447 Å². The van der Waals surface area contributed by atoms with Crippen LogP contribution in [0.25, 0.3) is 0 Å². The lowest BCUT2D eigenvalue weighted by Crippen LogP contribution is -2.30. The summed E-state index contributed by atoms with van der Waals surface area (Å²) in [4.78, 5) is 73.2. The third kappa shape index (κ3) is 74.2. The first-order chi connectivity index (χ1) is 50.3. The Bertz CT molecular complexity index is 2010. The van der Waals surface area contributed by atoms with Gasteiger partial charge >= 0.3 is 39.5 Å². The molecule has 0 bridgehead atoms. The van der Waals surface area contributed by atoms with Gasteiger partial charge in [-0.3, -0.25) is 37.3 Å². The minimum absolute atomic E-state index is 0.105. The summed E-state index contributed by atoms with van der Waals surface area (Å²) in [6, 6.07) is 0. The van der Waals surface area contributed by atoms with E-state index in [-0.39, 0.29) is 25.7 Å². The molecule has 0 fully saturated rings. The first-order valence-corrected chi connectivity index (χ1v) is 47.0. The number of rotatable bonds is 83. The Hall–Kier alpha value is -1.94.